The molecule has 1 aromatic heterocycles. The number of fused-ring (bicyclic) bond motifs is 1. The fourth-order valence-corrected chi connectivity index (χ4v) is 4.48. The van der Waals surface area contributed by atoms with E-state index in [-0.39, 0.29) is 0 Å². The van der Waals surface area contributed by atoms with Crippen molar-refractivity contribution in [3.63, 3.8) is 0 Å². The number of aromatic nitrogens is 1. The first-order valence-corrected chi connectivity index (χ1v) is 11.3. The Kier molecular flexibility index (Phi) is 5.68. The smallest absolute Gasteiger partial charge is 0.0991 e. The van der Waals surface area contributed by atoms with Crippen LogP contribution in [0.2, 0.25) is 0 Å². The van der Waals surface area contributed by atoms with Crippen LogP contribution in [0.25, 0.3) is 22.0 Å². The number of benzene rings is 3. The van der Waals surface area contributed by atoms with Gasteiger partial charge in [0.25, 0.3) is 0 Å². The standard InChI is InChI=1S/C28H27N5/c1-32(2)25-14-16-33(19-25)24-10-8-23(9-11-24)31-28-13-15-30-27-12-7-22(17-26(27)28)21-5-3-20(18-29)4-6-21/h3-13,15,17,25H,14,16,19H2,1-2H3,(H,30,31)/t25-/m1/s1. The molecule has 1 N–H and O–H groups in total. The molecule has 3 aromatic carbocycles. The average Bonchev–Trinajstić information content (AvgIpc) is 3.35. The number of hydrogen-bond donors (Lipinski definition) is 1. The van der Waals surface area contributed by atoms with Crippen LogP contribution in [-0.2, 0) is 0 Å². The second-order valence-electron chi connectivity index (χ2n) is 8.80. The lowest BCUT2D eigenvalue weighted by Crippen LogP contribution is -2.31. The number of nitrogens with zero attached hydrogens (tertiary/aromatic N) is 4. The summed E-state index contributed by atoms with van der Waals surface area (Å²) < 4.78 is 0. The molecule has 0 aliphatic carbocycles. The van der Waals surface area contributed by atoms with Crippen LogP contribution in [0.15, 0.2) is 79.0 Å². The largest absolute Gasteiger partial charge is 0.370 e. The summed E-state index contributed by atoms with van der Waals surface area (Å²) in [6.45, 7) is 2.18. The van der Waals surface area contributed by atoms with E-state index < -0.39 is 0 Å². The van der Waals surface area contributed by atoms with E-state index in [1.54, 1.807) is 0 Å². The molecule has 5 nitrogen and oxygen atoms in total. The van der Waals surface area contributed by atoms with Crippen LogP contribution in [0.4, 0.5) is 17.1 Å². The van der Waals surface area contributed by atoms with Gasteiger partial charge in [0.1, 0.15) is 0 Å². The summed E-state index contributed by atoms with van der Waals surface area (Å²) in [5.74, 6) is 0. The van der Waals surface area contributed by atoms with Crippen LogP contribution in [-0.4, -0.2) is 43.1 Å². The Hall–Kier alpha value is -3.88. The van der Waals surface area contributed by atoms with Gasteiger partial charge in [-0.25, -0.2) is 0 Å². The Labute approximate surface area is 194 Å². The molecule has 0 saturated carbocycles. The van der Waals surface area contributed by atoms with E-state index in [0.717, 1.165) is 46.5 Å². The molecule has 4 aromatic rings. The van der Waals surface area contributed by atoms with Crippen molar-refractivity contribution < 1.29 is 0 Å². The molecule has 1 aliphatic rings. The highest BCUT2D eigenvalue weighted by Gasteiger charge is 2.23. The number of hydrogen-bond acceptors (Lipinski definition) is 5. The zero-order chi connectivity index (χ0) is 22.8. The van der Waals surface area contributed by atoms with E-state index in [1.807, 2.05) is 42.6 Å². The van der Waals surface area contributed by atoms with E-state index in [0.29, 0.717) is 11.6 Å². The first kappa shape index (κ1) is 21.0. The first-order valence-electron chi connectivity index (χ1n) is 11.3. The molecule has 33 heavy (non-hydrogen) atoms. The highest BCUT2D eigenvalue weighted by Crippen LogP contribution is 2.31. The molecule has 0 bridgehead atoms. The minimum absolute atomic E-state index is 0.622. The summed E-state index contributed by atoms with van der Waals surface area (Å²) in [5, 5.41) is 13.7. The molecule has 1 atom stereocenters. The number of rotatable bonds is 5. The number of likely N-dealkylation sites (N-methyl/N-ethyl adjacent to an activating group) is 1. The topological polar surface area (TPSA) is 55.2 Å². The quantitative estimate of drug-likeness (QED) is 0.440. The van der Waals surface area contributed by atoms with Crippen molar-refractivity contribution >= 4 is 28.0 Å². The van der Waals surface area contributed by atoms with Gasteiger partial charge in [-0.15, -0.1) is 0 Å². The van der Waals surface area contributed by atoms with Crippen molar-refractivity contribution in [2.45, 2.75) is 12.5 Å². The lowest BCUT2D eigenvalue weighted by atomic mass is 10.0. The third kappa shape index (κ3) is 4.39. The summed E-state index contributed by atoms with van der Waals surface area (Å²) >= 11 is 0. The summed E-state index contributed by atoms with van der Waals surface area (Å²) in [5.41, 5.74) is 7.14. The van der Waals surface area contributed by atoms with Gasteiger partial charge in [0.05, 0.1) is 17.1 Å². The Morgan fingerprint density at radius 3 is 2.42 bits per heavy atom. The highest BCUT2D eigenvalue weighted by atomic mass is 15.2. The fraction of sp³-hybridized carbons (Fsp3) is 0.214. The molecule has 0 radical (unpaired) electrons. The molecule has 164 valence electrons. The molecule has 1 aliphatic heterocycles. The average molecular weight is 434 g/mol. The minimum atomic E-state index is 0.622. The van der Waals surface area contributed by atoms with Gasteiger partial charge in [0, 0.05) is 47.8 Å². The molecule has 5 heteroatoms. The van der Waals surface area contributed by atoms with Crippen LogP contribution in [0.3, 0.4) is 0 Å². The number of nitriles is 1. The predicted molar refractivity (Wildman–Crippen MR) is 136 cm³/mol. The van der Waals surface area contributed by atoms with E-state index >= 15 is 0 Å². The van der Waals surface area contributed by atoms with Gasteiger partial charge in [-0.1, -0.05) is 18.2 Å². The Morgan fingerprint density at radius 2 is 1.73 bits per heavy atom. The molecule has 2 heterocycles. The molecular formula is C28H27N5. The van der Waals surface area contributed by atoms with Crippen molar-refractivity contribution in [2.24, 2.45) is 0 Å². The molecule has 1 saturated heterocycles. The van der Waals surface area contributed by atoms with Crippen LogP contribution in [0.1, 0.15) is 12.0 Å². The van der Waals surface area contributed by atoms with Crippen molar-refractivity contribution in [3.8, 4) is 17.2 Å². The monoisotopic (exact) mass is 433 g/mol. The minimum Gasteiger partial charge on any atom is -0.370 e. The molecule has 0 spiro atoms. The molecular weight excluding hydrogens is 406 g/mol. The third-order valence-electron chi connectivity index (χ3n) is 6.49. The maximum atomic E-state index is 9.06. The normalized spacial score (nSPS) is 15.7. The number of anilines is 3. The summed E-state index contributed by atoms with van der Waals surface area (Å²) in [7, 11) is 4.32. The third-order valence-corrected chi connectivity index (χ3v) is 6.49. The Morgan fingerprint density at radius 1 is 0.970 bits per heavy atom. The lowest BCUT2D eigenvalue weighted by molar-refractivity contribution is 0.315. The second kappa shape index (κ2) is 8.93. The van der Waals surface area contributed by atoms with Gasteiger partial charge in [-0.3, -0.25) is 4.98 Å². The zero-order valence-corrected chi connectivity index (χ0v) is 19.0. The van der Waals surface area contributed by atoms with Gasteiger partial charge < -0.3 is 15.1 Å². The molecule has 0 unspecified atom stereocenters. The number of pyridine rings is 1. The van der Waals surface area contributed by atoms with Crippen molar-refractivity contribution in [2.75, 3.05) is 37.4 Å². The van der Waals surface area contributed by atoms with Gasteiger partial charge in [0.2, 0.25) is 0 Å². The fourth-order valence-electron chi connectivity index (χ4n) is 4.48. The lowest BCUT2D eigenvalue weighted by Gasteiger charge is -2.22. The maximum absolute atomic E-state index is 9.06. The van der Waals surface area contributed by atoms with Gasteiger partial charge in [-0.05, 0) is 86.2 Å². The van der Waals surface area contributed by atoms with Crippen molar-refractivity contribution in [3.05, 3.63) is 84.6 Å². The zero-order valence-electron chi connectivity index (χ0n) is 19.0. The van der Waals surface area contributed by atoms with Gasteiger partial charge in [0.15, 0.2) is 0 Å². The first-order chi connectivity index (χ1) is 16.1. The Bertz CT molecular complexity index is 1300. The summed E-state index contributed by atoms with van der Waals surface area (Å²) in [4.78, 5) is 9.31. The predicted octanol–water partition coefficient (Wildman–Crippen LogP) is 5.66. The van der Waals surface area contributed by atoms with E-state index in [1.165, 1.54) is 12.1 Å². The van der Waals surface area contributed by atoms with Crippen LogP contribution in [0.5, 0.6) is 0 Å². The SMILES string of the molecule is CN(C)[C@@H]1CCN(c2ccc(Nc3ccnc4ccc(-c5ccc(C#N)cc5)cc34)cc2)C1. The van der Waals surface area contributed by atoms with Crippen molar-refractivity contribution in [1.29, 1.82) is 5.26 Å². The second-order valence-corrected chi connectivity index (χ2v) is 8.80. The number of nitrogens with one attached hydrogen (secondary N) is 1. The molecule has 0 amide bonds. The van der Waals surface area contributed by atoms with Crippen molar-refractivity contribution in [1.82, 2.24) is 9.88 Å². The summed E-state index contributed by atoms with van der Waals surface area (Å²) in [6.07, 6.45) is 3.05. The van der Waals surface area contributed by atoms with E-state index in [2.05, 4.69) is 76.7 Å². The van der Waals surface area contributed by atoms with E-state index in [4.69, 9.17) is 5.26 Å². The van der Waals surface area contributed by atoms with Crippen LogP contribution < -0.4 is 10.2 Å². The van der Waals surface area contributed by atoms with Gasteiger partial charge >= 0.3 is 0 Å². The highest BCUT2D eigenvalue weighted by molar-refractivity contribution is 5.95. The van der Waals surface area contributed by atoms with E-state index in [9.17, 15) is 0 Å². The van der Waals surface area contributed by atoms with Crippen LogP contribution >= 0.6 is 0 Å². The van der Waals surface area contributed by atoms with Crippen LogP contribution in [0, 0.1) is 11.3 Å². The molecule has 1 fully saturated rings. The molecule has 5 rings (SSSR count). The van der Waals surface area contributed by atoms with Gasteiger partial charge in [-0.2, -0.15) is 5.26 Å². The Balaban J connectivity index is 1.39. The summed E-state index contributed by atoms with van der Waals surface area (Å²) in [6, 6.07) is 27.5. The maximum Gasteiger partial charge on any atom is 0.0991 e.